The summed E-state index contributed by atoms with van der Waals surface area (Å²) in [6.45, 7) is 1.69. The van der Waals surface area contributed by atoms with Gasteiger partial charge < -0.3 is 14.9 Å². The fraction of sp³-hybridized carbons (Fsp3) is 0.286. The number of nitrogens with zero attached hydrogens (tertiary/aromatic N) is 2. The van der Waals surface area contributed by atoms with Crippen molar-refractivity contribution in [2.75, 3.05) is 16.9 Å². The first kappa shape index (κ1) is 30.6. The SMILES string of the molecule is COc1cc(O)ccc1[C@H]1C2=CC[C@@H]3C(=O)N(c4cccc(C(=O)O)c4)C(=O)[C@@H]3[C@@H]2C[C@H]2C(=O)N(c3ccc(F)c(Cl)c3)C(=O)[C@@]12C. The molecule has 10 nitrogen and oxygen atoms in total. The lowest BCUT2D eigenvalue weighted by Gasteiger charge is -2.49. The molecule has 4 aliphatic rings. The molecule has 2 saturated heterocycles. The van der Waals surface area contributed by atoms with E-state index in [2.05, 4.69) is 0 Å². The van der Waals surface area contributed by atoms with Crippen molar-refractivity contribution in [1.29, 1.82) is 0 Å². The van der Waals surface area contributed by atoms with Crippen LogP contribution in [0.3, 0.4) is 0 Å². The van der Waals surface area contributed by atoms with Gasteiger partial charge in [0.25, 0.3) is 0 Å². The molecule has 0 spiro atoms. The van der Waals surface area contributed by atoms with E-state index in [-0.39, 0.29) is 46.3 Å². The number of carbonyl (C=O) groups is 5. The molecular formula is C35H28ClFN2O8. The number of halogens is 2. The number of phenols is 1. The summed E-state index contributed by atoms with van der Waals surface area (Å²) in [6.07, 6.45) is 2.10. The number of hydrogen-bond acceptors (Lipinski definition) is 7. The second-order valence-corrected chi connectivity index (χ2v) is 13.0. The summed E-state index contributed by atoms with van der Waals surface area (Å²) in [4.78, 5) is 70.6. The van der Waals surface area contributed by atoms with Gasteiger partial charge in [-0.05, 0) is 68.1 Å². The molecule has 4 amide bonds. The monoisotopic (exact) mass is 658 g/mol. The van der Waals surface area contributed by atoms with E-state index in [9.17, 15) is 38.6 Å². The van der Waals surface area contributed by atoms with E-state index in [1.165, 1.54) is 55.6 Å². The summed E-state index contributed by atoms with van der Waals surface area (Å²) in [5.74, 6) is -7.89. The average molecular weight is 659 g/mol. The topological polar surface area (TPSA) is 142 Å². The Bertz CT molecular complexity index is 1960. The predicted octanol–water partition coefficient (Wildman–Crippen LogP) is 5.33. The highest BCUT2D eigenvalue weighted by molar-refractivity contribution is 6.32. The van der Waals surface area contributed by atoms with Crippen LogP contribution in [0.1, 0.15) is 41.6 Å². The van der Waals surface area contributed by atoms with Crippen LogP contribution in [0.4, 0.5) is 15.8 Å². The number of aromatic carboxylic acids is 1. The zero-order valence-corrected chi connectivity index (χ0v) is 25.9. The maximum absolute atomic E-state index is 14.5. The molecule has 6 atom stereocenters. The van der Waals surface area contributed by atoms with Crippen LogP contribution in [0, 0.1) is 34.9 Å². The number of rotatable bonds is 5. The van der Waals surface area contributed by atoms with Gasteiger partial charge in [0.2, 0.25) is 23.6 Å². The molecule has 1 saturated carbocycles. The van der Waals surface area contributed by atoms with E-state index in [1.807, 2.05) is 6.08 Å². The third kappa shape index (κ3) is 4.32. The summed E-state index contributed by atoms with van der Waals surface area (Å²) in [5, 5.41) is 19.5. The van der Waals surface area contributed by atoms with Crippen LogP contribution in [0.25, 0.3) is 0 Å². The Morgan fingerprint density at radius 1 is 0.957 bits per heavy atom. The Labute approximate surface area is 273 Å². The maximum atomic E-state index is 14.5. The Hall–Kier alpha value is -5.03. The van der Waals surface area contributed by atoms with Gasteiger partial charge >= 0.3 is 5.97 Å². The normalized spacial score (nSPS) is 28.2. The molecule has 3 aromatic carbocycles. The molecule has 7 rings (SSSR count). The molecule has 47 heavy (non-hydrogen) atoms. The smallest absolute Gasteiger partial charge is 0.335 e. The van der Waals surface area contributed by atoms with Gasteiger partial charge in [0.15, 0.2) is 0 Å². The maximum Gasteiger partial charge on any atom is 0.335 e. The minimum atomic E-state index is -1.40. The van der Waals surface area contributed by atoms with E-state index >= 15 is 0 Å². The number of amides is 4. The van der Waals surface area contributed by atoms with E-state index < -0.39 is 70.4 Å². The fourth-order valence-electron chi connectivity index (χ4n) is 8.20. The highest BCUT2D eigenvalue weighted by Gasteiger charge is 2.68. The summed E-state index contributed by atoms with van der Waals surface area (Å²) >= 11 is 6.06. The number of carbonyl (C=O) groups excluding carboxylic acids is 4. The van der Waals surface area contributed by atoms with Gasteiger partial charge in [0, 0.05) is 17.5 Å². The minimum absolute atomic E-state index is 0.0679. The van der Waals surface area contributed by atoms with Crippen molar-refractivity contribution in [3.8, 4) is 11.5 Å². The number of allylic oxidation sites excluding steroid dienone is 2. The molecule has 2 heterocycles. The van der Waals surface area contributed by atoms with Gasteiger partial charge in [0.1, 0.15) is 17.3 Å². The number of phenolic OH excluding ortho intramolecular Hbond substituents is 1. The highest BCUT2D eigenvalue weighted by Crippen LogP contribution is 2.64. The van der Waals surface area contributed by atoms with Crippen molar-refractivity contribution in [1.82, 2.24) is 0 Å². The number of benzene rings is 3. The molecule has 12 heteroatoms. The first-order valence-corrected chi connectivity index (χ1v) is 15.4. The molecule has 0 bridgehead atoms. The summed E-state index contributed by atoms with van der Waals surface area (Å²) in [7, 11) is 1.42. The molecule has 3 fully saturated rings. The molecular weight excluding hydrogens is 631 g/mol. The number of fused-ring (bicyclic) bond motifs is 4. The van der Waals surface area contributed by atoms with E-state index in [1.54, 1.807) is 13.0 Å². The Morgan fingerprint density at radius 3 is 2.40 bits per heavy atom. The fourth-order valence-corrected chi connectivity index (χ4v) is 8.38. The van der Waals surface area contributed by atoms with E-state index in [0.717, 1.165) is 15.9 Å². The van der Waals surface area contributed by atoms with Crippen LogP contribution in [-0.2, 0) is 19.2 Å². The van der Waals surface area contributed by atoms with Crippen LogP contribution < -0.4 is 14.5 Å². The van der Waals surface area contributed by atoms with Gasteiger partial charge in [-0.1, -0.05) is 35.4 Å². The number of hydrogen-bond donors (Lipinski definition) is 2. The van der Waals surface area contributed by atoms with Crippen molar-refractivity contribution in [3.05, 3.63) is 94.3 Å². The number of imide groups is 2. The zero-order chi connectivity index (χ0) is 33.5. The number of aromatic hydroxyl groups is 1. The Morgan fingerprint density at radius 2 is 1.70 bits per heavy atom. The van der Waals surface area contributed by atoms with Crippen molar-refractivity contribution in [3.63, 3.8) is 0 Å². The first-order valence-electron chi connectivity index (χ1n) is 15.0. The van der Waals surface area contributed by atoms with E-state index in [0.29, 0.717) is 11.1 Å². The lowest BCUT2D eigenvalue weighted by molar-refractivity contribution is -0.131. The van der Waals surface area contributed by atoms with Crippen LogP contribution >= 0.6 is 11.6 Å². The van der Waals surface area contributed by atoms with Crippen LogP contribution in [0.5, 0.6) is 11.5 Å². The molecule has 3 aromatic rings. The molecule has 0 unspecified atom stereocenters. The third-order valence-corrected chi connectivity index (χ3v) is 10.6. The Balaban J connectivity index is 1.38. The number of carboxylic acids is 1. The van der Waals surface area contributed by atoms with Gasteiger partial charge in [-0.15, -0.1) is 0 Å². The van der Waals surface area contributed by atoms with Gasteiger partial charge in [-0.25, -0.2) is 14.1 Å². The number of anilines is 2. The molecule has 240 valence electrons. The number of carboxylic acid groups (broad SMARTS) is 1. The second kappa shape index (κ2) is 10.8. The quantitative estimate of drug-likeness (QED) is 0.277. The molecule has 2 aliphatic carbocycles. The molecule has 2 N–H and O–H groups in total. The van der Waals surface area contributed by atoms with Crippen molar-refractivity contribution in [2.45, 2.75) is 25.7 Å². The van der Waals surface area contributed by atoms with Crippen LogP contribution in [0.15, 0.2) is 72.3 Å². The van der Waals surface area contributed by atoms with Gasteiger partial charge in [0.05, 0.1) is 52.2 Å². The van der Waals surface area contributed by atoms with Crippen LogP contribution in [-0.4, -0.2) is 46.9 Å². The lowest BCUT2D eigenvalue weighted by atomic mass is 9.51. The Kier molecular flexibility index (Phi) is 7.01. The number of methoxy groups -OCH3 is 1. The first-order chi connectivity index (χ1) is 22.4. The average Bonchev–Trinajstić information content (AvgIpc) is 3.42. The largest absolute Gasteiger partial charge is 0.508 e. The van der Waals surface area contributed by atoms with Crippen molar-refractivity contribution >= 4 is 52.6 Å². The van der Waals surface area contributed by atoms with E-state index in [4.69, 9.17) is 16.3 Å². The third-order valence-electron chi connectivity index (χ3n) is 10.3. The summed E-state index contributed by atoms with van der Waals surface area (Å²) in [6, 6.07) is 13.7. The highest BCUT2D eigenvalue weighted by atomic mass is 35.5. The molecule has 0 aromatic heterocycles. The zero-order valence-electron chi connectivity index (χ0n) is 25.1. The minimum Gasteiger partial charge on any atom is -0.508 e. The lowest BCUT2D eigenvalue weighted by Crippen LogP contribution is -2.49. The van der Waals surface area contributed by atoms with Gasteiger partial charge in [-0.3, -0.25) is 24.1 Å². The van der Waals surface area contributed by atoms with Crippen LogP contribution in [0.2, 0.25) is 5.02 Å². The standard InChI is InChI=1S/C35H28ClFN2O8/c1-35-24(31(42)39(34(35)46)18-6-11-26(37)25(36)13-18)15-23-20(29(35)21-8-7-19(40)14-27(21)47-2)9-10-22-28(23)32(43)38(30(22)41)17-5-3-4-16(12-17)33(44)45/h3-9,11-14,22-24,28-29,40H,10,15H2,1-2H3,(H,44,45)/t22-,23+,24-,28-,29+,35+/m0/s1. The molecule has 0 radical (unpaired) electrons. The second-order valence-electron chi connectivity index (χ2n) is 12.6. The molecule has 2 aliphatic heterocycles. The summed E-state index contributed by atoms with van der Waals surface area (Å²) < 4.78 is 19.8. The predicted molar refractivity (Wildman–Crippen MR) is 167 cm³/mol. The van der Waals surface area contributed by atoms with Crippen molar-refractivity contribution in [2.24, 2.45) is 29.1 Å². The van der Waals surface area contributed by atoms with Crippen molar-refractivity contribution < 1.29 is 43.3 Å². The number of ether oxygens (including phenoxy) is 1. The summed E-state index contributed by atoms with van der Waals surface area (Å²) in [5.41, 5.74) is -0.0460. The van der Waals surface area contributed by atoms with Gasteiger partial charge in [-0.2, -0.15) is 0 Å².